The smallest absolute Gasteiger partial charge is 0.270 e. The first-order chi connectivity index (χ1) is 20.6. The van der Waals surface area contributed by atoms with E-state index in [4.69, 9.17) is 16.3 Å². The fourth-order valence-corrected chi connectivity index (χ4v) is 6.17. The van der Waals surface area contributed by atoms with Crippen LogP contribution in [-0.2, 0) is 16.6 Å². The zero-order valence-electron chi connectivity index (χ0n) is 23.3. The number of rotatable bonds is 9. The van der Waals surface area contributed by atoms with Crippen LogP contribution in [0.3, 0.4) is 0 Å². The van der Waals surface area contributed by atoms with Gasteiger partial charge in [0.1, 0.15) is 5.75 Å². The molecule has 0 radical (unpaired) electrons. The van der Waals surface area contributed by atoms with Crippen LogP contribution in [0.1, 0.15) is 15.9 Å². The predicted octanol–water partition coefficient (Wildman–Crippen LogP) is 5.36. The van der Waals surface area contributed by atoms with Gasteiger partial charge < -0.3 is 9.64 Å². The Balaban J connectivity index is 1.24. The van der Waals surface area contributed by atoms with E-state index >= 15 is 0 Å². The minimum atomic E-state index is -4.36. The summed E-state index contributed by atoms with van der Waals surface area (Å²) in [6.07, 6.45) is 0. The van der Waals surface area contributed by atoms with Crippen LogP contribution < -0.4 is 14.4 Å². The zero-order valence-corrected chi connectivity index (χ0v) is 24.8. The van der Waals surface area contributed by atoms with E-state index in [-0.39, 0.29) is 16.2 Å². The molecule has 4 aromatic carbocycles. The second kappa shape index (κ2) is 12.8. The molecule has 1 heterocycles. The molecule has 0 aliphatic carbocycles. The number of non-ortho nitro benzene ring substituents is 1. The van der Waals surface area contributed by atoms with E-state index in [0.29, 0.717) is 5.02 Å². The maximum Gasteiger partial charge on any atom is 0.270 e. The van der Waals surface area contributed by atoms with Gasteiger partial charge in [0.25, 0.3) is 21.6 Å². The lowest BCUT2D eigenvalue weighted by Gasteiger charge is -2.36. The Bertz CT molecular complexity index is 1760. The summed E-state index contributed by atoms with van der Waals surface area (Å²) in [5.41, 5.74) is 3.99. The lowest BCUT2D eigenvalue weighted by atomic mass is 9.99. The van der Waals surface area contributed by atoms with Crippen molar-refractivity contribution in [2.24, 2.45) is 0 Å². The van der Waals surface area contributed by atoms with Crippen molar-refractivity contribution in [1.29, 1.82) is 0 Å². The van der Waals surface area contributed by atoms with Gasteiger partial charge in [0.15, 0.2) is 0 Å². The Morgan fingerprint density at radius 1 is 0.953 bits per heavy atom. The number of nitro benzene ring substituents is 1. The molecular weight excluding hydrogens is 592 g/mol. The van der Waals surface area contributed by atoms with E-state index in [0.717, 1.165) is 50.0 Å². The molecular formula is C31H29ClN4O6S. The summed E-state index contributed by atoms with van der Waals surface area (Å²) in [5.74, 6) is -0.692. The van der Waals surface area contributed by atoms with E-state index in [1.807, 2.05) is 41.1 Å². The van der Waals surface area contributed by atoms with Crippen LogP contribution in [0, 0.1) is 10.1 Å². The highest BCUT2D eigenvalue weighted by Gasteiger charge is 2.25. The van der Waals surface area contributed by atoms with Gasteiger partial charge in [-0.2, -0.15) is 0 Å². The van der Waals surface area contributed by atoms with Gasteiger partial charge >= 0.3 is 0 Å². The van der Waals surface area contributed by atoms with Crippen LogP contribution >= 0.6 is 11.6 Å². The molecule has 1 N–H and O–H groups in total. The number of nitrogens with one attached hydrogen (secondary N) is 1. The number of benzene rings is 4. The lowest BCUT2D eigenvalue weighted by molar-refractivity contribution is -0.385. The Hall–Kier alpha value is -4.45. The summed E-state index contributed by atoms with van der Waals surface area (Å²) in [6.45, 7) is 3.94. The SMILES string of the molecule is COc1cc(N2CCN(Cc3ccccc3-c3ccc(Cl)cc3)CC2)ccc1C(=O)NS(=O)(=O)c1cccc([N+](=O)[O-])c1. The molecule has 1 saturated heterocycles. The first kappa shape index (κ1) is 30.0. The number of nitrogens with zero attached hydrogens (tertiary/aromatic N) is 3. The molecule has 1 aliphatic rings. The van der Waals surface area contributed by atoms with Crippen molar-refractivity contribution >= 4 is 38.9 Å². The molecule has 0 aromatic heterocycles. The van der Waals surface area contributed by atoms with Crippen molar-refractivity contribution in [1.82, 2.24) is 9.62 Å². The number of carbonyl (C=O) groups excluding carboxylic acids is 1. The molecule has 0 spiro atoms. The number of amides is 1. The van der Waals surface area contributed by atoms with Gasteiger partial charge in [-0.1, -0.05) is 54.1 Å². The van der Waals surface area contributed by atoms with Crippen molar-refractivity contribution in [3.8, 4) is 16.9 Å². The summed E-state index contributed by atoms with van der Waals surface area (Å²) in [7, 11) is -2.95. The molecule has 0 atom stereocenters. The van der Waals surface area contributed by atoms with E-state index in [2.05, 4.69) is 21.9 Å². The third-order valence-corrected chi connectivity index (χ3v) is 8.88. The Labute approximate surface area is 254 Å². The monoisotopic (exact) mass is 620 g/mol. The van der Waals surface area contributed by atoms with Gasteiger partial charge in [-0.05, 0) is 47.0 Å². The number of carbonyl (C=O) groups is 1. The van der Waals surface area contributed by atoms with Crippen LogP contribution in [-0.4, -0.2) is 57.4 Å². The van der Waals surface area contributed by atoms with E-state index in [9.17, 15) is 23.3 Å². The number of nitro groups is 1. The first-order valence-corrected chi connectivity index (χ1v) is 15.3. The highest BCUT2D eigenvalue weighted by molar-refractivity contribution is 7.90. The Kier molecular flexibility index (Phi) is 8.95. The van der Waals surface area contributed by atoms with E-state index in [1.54, 1.807) is 12.1 Å². The van der Waals surface area contributed by atoms with E-state index in [1.165, 1.54) is 42.5 Å². The second-order valence-corrected chi connectivity index (χ2v) is 12.1. The standard InChI is InChI=1S/C31H29ClN4O6S/c1-42-30-20-25(13-14-29(30)31(37)33-43(40,41)27-7-4-6-26(19-27)36(38)39)35-17-15-34(16-18-35)21-23-5-2-3-8-28(23)22-9-11-24(32)12-10-22/h2-14,19-20H,15-18,21H2,1H3,(H,33,37). The largest absolute Gasteiger partial charge is 0.496 e. The molecule has 222 valence electrons. The van der Waals surface area contributed by atoms with Gasteiger partial charge in [-0.3, -0.25) is 19.8 Å². The second-order valence-electron chi connectivity index (χ2n) is 10.0. The fraction of sp³-hybridized carbons (Fsp3) is 0.194. The normalized spacial score (nSPS) is 13.9. The number of hydrogen-bond acceptors (Lipinski definition) is 8. The summed E-state index contributed by atoms with van der Waals surface area (Å²) in [6, 6.07) is 25.6. The molecule has 0 unspecified atom stereocenters. The molecule has 12 heteroatoms. The van der Waals surface area contributed by atoms with Gasteiger partial charge in [-0.15, -0.1) is 0 Å². The van der Waals surface area contributed by atoms with Crippen LogP contribution in [0.4, 0.5) is 11.4 Å². The third-order valence-electron chi connectivity index (χ3n) is 7.30. The molecule has 0 saturated carbocycles. The molecule has 1 aliphatic heterocycles. The number of sulfonamides is 1. The molecule has 1 amide bonds. The highest BCUT2D eigenvalue weighted by Crippen LogP contribution is 2.29. The fourth-order valence-electron chi connectivity index (χ4n) is 5.04. The number of halogens is 1. The number of ether oxygens (including phenoxy) is 1. The molecule has 1 fully saturated rings. The van der Waals surface area contributed by atoms with Crippen LogP contribution in [0.2, 0.25) is 5.02 Å². The molecule has 10 nitrogen and oxygen atoms in total. The number of hydrogen-bond donors (Lipinski definition) is 1. The minimum absolute atomic E-state index is 0.0256. The molecule has 0 bridgehead atoms. The van der Waals surface area contributed by atoms with Gasteiger partial charge in [0.05, 0.1) is 22.5 Å². The van der Waals surface area contributed by atoms with Gasteiger partial charge in [0.2, 0.25) is 0 Å². The zero-order chi connectivity index (χ0) is 30.6. The average Bonchev–Trinajstić information content (AvgIpc) is 3.01. The summed E-state index contributed by atoms with van der Waals surface area (Å²) in [5, 5.41) is 11.7. The van der Waals surface area contributed by atoms with Crippen LogP contribution in [0.5, 0.6) is 5.75 Å². The number of methoxy groups -OCH3 is 1. The third kappa shape index (κ3) is 6.96. The van der Waals surface area contributed by atoms with Crippen LogP contribution in [0.25, 0.3) is 11.1 Å². The highest BCUT2D eigenvalue weighted by atomic mass is 35.5. The molecule has 43 heavy (non-hydrogen) atoms. The van der Waals surface area contributed by atoms with Crippen molar-refractivity contribution in [2.45, 2.75) is 11.4 Å². The van der Waals surface area contributed by atoms with Crippen molar-refractivity contribution in [2.75, 3.05) is 38.2 Å². The maximum absolute atomic E-state index is 13.0. The van der Waals surface area contributed by atoms with Crippen molar-refractivity contribution in [3.05, 3.63) is 117 Å². The Morgan fingerprint density at radius 2 is 1.67 bits per heavy atom. The maximum atomic E-state index is 13.0. The summed E-state index contributed by atoms with van der Waals surface area (Å²) >= 11 is 6.08. The average molecular weight is 621 g/mol. The minimum Gasteiger partial charge on any atom is -0.496 e. The van der Waals surface area contributed by atoms with Gasteiger partial charge in [-0.25, -0.2) is 13.1 Å². The summed E-state index contributed by atoms with van der Waals surface area (Å²) in [4.78, 5) is 27.5. The first-order valence-electron chi connectivity index (χ1n) is 13.5. The molecule has 4 aromatic rings. The Morgan fingerprint density at radius 3 is 2.37 bits per heavy atom. The lowest BCUT2D eigenvalue weighted by Crippen LogP contribution is -2.46. The quantitative estimate of drug-likeness (QED) is 0.196. The summed E-state index contributed by atoms with van der Waals surface area (Å²) < 4.78 is 33.0. The van der Waals surface area contributed by atoms with Gasteiger partial charge in [0, 0.05) is 61.6 Å². The number of anilines is 1. The number of piperazine rings is 1. The predicted molar refractivity (Wildman–Crippen MR) is 165 cm³/mol. The van der Waals surface area contributed by atoms with Crippen LogP contribution in [0.15, 0.2) is 95.9 Å². The molecule has 5 rings (SSSR count). The van der Waals surface area contributed by atoms with Crippen molar-refractivity contribution in [3.63, 3.8) is 0 Å². The van der Waals surface area contributed by atoms with Crippen molar-refractivity contribution < 1.29 is 22.9 Å². The van der Waals surface area contributed by atoms with E-state index < -0.39 is 26.5 Å². The topological polar surface area (TPSA) is 122 Å².